The standard InChI is InChI=1S/C27H20BrClO2/c1-17-10-12-23(22-8-4-3-7-21(17)22)26(30)13-11-20-15-18(16-24(28)27(20)31)14-19-6-2-5-9-25(19)29/h2-13,15-16,31H,14H2,1H3. The number of carbonyl (C=O) groups excluding carboxylic acids is 1. The molecule has 0 radical (unpaired) electrons. The van der Waals surface area contributed by atoms with Crippen molar-refractivity contribution < 1.29 is 9.90 Å². The third kappa shape index (κ3) is 4.58. The number of phenolic OH excluding ortho intramolecular Hbond substituents is 1. The SMILES string of the molecule is Cc1ccc(C(=O)C=Cc2cc(Cc3ccccc3Cl)cc(Br)c2O)c2ccccc12. The van der Waals surface area contributed by atoms with E-state index in [4.69, 9.17) is 11.6 Å². The number of hydrogen-bond donors (Lipinski definition) is 1. The minimum absolute atomic E-state index is 0.0979. The highest BCUT2D eigenvalue weighted by molar-refractivity contribution is 9.10. The van der Waals surface area contributed by atoms with Gasteiger partial charge in [0.1, 0.15) is 5.75 Å². The van der Waals surface area contributed by atoms with Crippen LogP contribution in [0, 0.1) is 6.92 Å². The molecule has 0 saturated heterocycles. The van der Waals surface area contributed by atoms with Crippen molar-refractivity contribution >= 4 is 50.2 Å². The zero-order chi connectivity index (χ0) is 22.0. The molecule has 0 spiro atoms. The number of aromatic hydroxyl groups is 1. The summed E-state index contributed by atoms with van der Waals surface area (Å²) in [6, 6.07) is 23.1. The fraction of sp³-hybridized carbons (Fsp3) is 0.0741. The van der Waals surface area contributed by atoms with Crippen molar-refractivity contribution in [3.8, 4) is 5.75 Å². The van der Waals surface area contributed by atoms with E-state index in [0.717, 1.165) is 27.5 Å². The quantitative estimate of drug-likeness (QED) is 0.229. The van der Waals surface area contributed by atoms with Crippen LogP contribution in [0.15, 0.2) is 83.3 Å². The summed E-state index contributed by atoms with van der Waals surface area (Å²) >= 11 is 9.71. The Labute approximate surface area is 194 Å². The van der Waals surface area contributed by atoms with E-state index in [1.165, 1.54) is 6.08 Å². The molecule has 0 bridgehead atoms. The Balaban J connectivity index is 1.66. The van der Waals surface area contributed by atoms with Gasteiger partial charge in [0.05, 0.1) is 4.47 Å². The van der Waals surface area contributed by atoms with Crippen molar-refractivity contribution in [2.75, 3.05) is 0 Å². The summed E-state index contributed by atoms with van der Waals surface area (Å²) in [6.07, 6.45) is 3.79. The molecule has 0 aromatic heterocycles. The zero-order valence-electron chi connectivity index (χ0n) is 16.9. The molecule has 154 valence electrons. The van der Waals surface area contributed by atoms with Gasteiger partial charge in [-0.15, -0.1) is 0 Å². The summed E-state index contributed by atoms with van der Waals surface area (Å²) in [4.78, 5) is 13.0. The van der Waals surface area contributed by atoms with E-state index in [9.17, 15) is 9.90 Å². The van der Waals surface area contributed by atoms with Crippen LogP contribution in [0.25, 0.3) is 16.8 Å². The smallest absolute Gasteiger partial charge is 0.186 e. The number of halogens is 2. The molecule has 0 saturated carbocycles. The van der Waals surface area contributed by atoms with Crippen LogP contribution >= 0.6 is 27.5 Å². The molecule has 0 fully saturated rings. The van der Waals surface area contributed by atoms with Crippen LogP contribution in [0.1, 0.15) is 32.6 Å². The van der Waals surface area contributed by atoms with Crippen LogP contribution in [-0.4, -0.2) is 10.9 Å². The molecule has 4 aromatic carbocycles. The Kier molecular flexibility index (Phi) is 6.26. The number of carbonyl (C=O) groups is 1. The van der Waals surface area contributed by atoms with Crippen molar-refractivity contribution in [2.24, 2.45) is 0 Å². The van der Waals surface area contributed by atoms with Crippen molar-refractivity contribution in [3.05, 3.63) is 116 Å². The fourth-order valence-corrected chi connectivity index (χ4v) is 4.41. The topological polar surface area (TPSA) is 37.3 Å². The number of fused-ring (bicyclic) bond motifs is 1. The number of phenols is 1. The Hall–Kier alpha value is -2.88. The Morgan fingerprint density at radius 3 is 2.48 bits per heavy atom. The lowest BCUT2D eigenvalue weighted by molar-refractivity contribution is 0.104. The average molecular weight is 492 g/mol. The molecule has 0 atom stereocenters. The first-order chi connectivity index (χ1) is 14.9. The fourth-order valence-electron chi connectivity index (χ4n) is 3.69. The predicted molar refractivity (Wildman–Crippen MR) is 132 cm³/mol. The first kappa shape index (κ1) is 21.4. The summed E-state index contributed by atoms with van der Waals surface area (Å²) < 4.78 is 0.574. The first-order valence-corrected chi connectivity index (χ1v) is 11.1. The lowest BCUT2D eigenvalue weighted by Gasteiger charge is -2.09. The third-order valence-corrected chi connectivity index (χ3v) is 6.30. The number of rotatable bonds is 5. The lowest BCUT2D eigenvalue weighted by atomic mass is 9.97. The van der Waals surface area contributed by atoms with E-state index in [2.05, 4.69) is 15.9 Å². The van der Waals surface area contributed by atoms with Crippen LogP contribution in [0.2, 0.25) is 5.02 Å². The van der Waals surface area contributed by atoms with Gasteiger partial charge in [-0.1, -0.05) is 66.2 Å². The highest BCUT2D eigenvalue weighted by atomic mass is 79.9. The maximum Gasteiger partial charge on any atom is 0.186 e. The molecule has 4 aromatic rings. The second-order valence-corrected chi connectivity index (χ2v) is 8.72. The summed E-state index contributed by atoms with van der Waals surface area (Å²) in [5.41, 5.74) is 4.32. The van der Waals surface area contributed by atoms with Crippen LogP contribution < -0.4 is 0 Å². The van der Waals surface area contributed by atoms with Crippen molar-refractivity contribution in [3.63, 3.8) is 0 Å². The summed E-state index contributed by atoms with van der Waals surface area (Å²) in [7, 11) is 0. The monoisotopic (exact) mass is 490 g/mol. The molecule has 0 amide bonds. The molecular weight excluding hydrogens is 472 g/mol. The van der Waals surface area contributed by atoms with E-state index >= 15 is 0 Å². The number of allylic oxidation sites excluding steroid dienone is 1. The van der Waals surface area contributed by atoms with E-state index in [1.54, 1.807) is 6.08 Å². The average Bonchev–Trinajstić information content (AvgIpc) is 2.77. The van der Waals surface area contributed by atoms with Crippen molar-refractivity contribution in [2.45, 2.75) is 13.3 Å². The second-order valence-electron chi connectivity index (χ2n) is 7.46. The molecule has 1 N–H and O–H groups in total. The second kappa shape index (κ2) is 9.09. The minimum Gasteiger partial charge on any atom is -0.506 e. The van der Waals surface area contributed by atoms with Crippen molar-refractivity contribution in [1.82, 2.24) is 0 Å². The highest BCUT2D eigenvalue weighted by Gasteiger charge is 2.11. The van der Waals surface area contributed by atoms with Crippen molar-refractivity contribution in [1.29, 1.82) is 0 Å². The van der Waals surface area contributed by atoms with Gasteiger partial charge in [-0.05, 0) is 87.1 Å². The molecular formula is C27H20BrClO2. The minimum atomic E-state index is -0.108. The molecule has 0 unspecified atom stereocenters. The summed E-state index contributed by atoms with van der Waals surface area (Å²) in [5.74, 6) is -0.0102. The van der Waals surface area contributed by atoms with Crippen LogP contribution in [0.5, 0.6) is 5.75 Å². The molecule has 0 aliphatic carbocycles. The van der Waals surface area contributed by atoms with Gasteiger partial charge in [0.15, 0.2) is 5.78 Å². The molecule has 2 nitrogen and oxygen atoms in total. The van der Waals surface area contributed by atoms with Gasteiger partial charge in [0.2, 0.25) is 0 Å². The normalized spacial score (nSPS) is 11.3. The highest BCUT2D eigenvalue weighted by Crippen LogP contribution is 2.32. The predicted octanol–water partition coefficient (Wildman–Crippen LogP) is 7.76. The number of ketones is 1. The van der Waals surface area contributed by atoms with E-state index in [-0.39, 0.29) is 11.5 Å². The van der Waals surface area contributed by atoms with Gasteiger partial charge in [-0.3, -0.25) is 4.79 Å². The summed E-state index contributed by atoms with van der Waals surface area (Å²) in [5, 5.41) is 13.2. The van der Waals surface area contributed by atoms with Gasteiger partial charge >= 0.3 is 0 Å². The number of hydrogen-bond acceptors (Lipinski definition) is 2. The van der Waals surface area contributed by atoms with Gasteiger partial charge in [-0.2, -0.15) is 0 Å². The molecule has 4 rings (SSSR count). The lowest BCUT2D eigenvalue weighted by Crippen LogP contribution is -1.97. The largest absolute Gasteiger partial charge is 0.506 e. The summed E-state index contributed by atoms with van der Waals surface area (Å²) in [6.45, 7) is 2.03. The van der Waals surface area contributed by atoms with Gasteiger partial charge < -0.3 is 5.11 Å². The molecule has 31 heavy (non-hydrogen) atoms. The van der Waals surface area contributed by atoms with Gasteiger partial charge in [0, 0.05) is 16.1 Å². The molecule has 4 heteroatoms. The van der Waals surface area contributed by atoms with Crippen LogP contribution in [0.4, 0.5) is 0 Å². The molecule has 0 heterocycles. The number of aryl methyl sites for hydroxylation is 1. The van der Waals surface area contributed by atoms with Gasteiger partial charge in [-0.25, -0.2) is 0 Å². The number of benzene rings is 4. The Morgan fingerprint density at radius 2 is 1.71 bits per heavy atom. The molecule has 0 aliphatic rings. The van der Waals surface area contributed by atoms with Crippen LogP contribution in [-0.2, 0) is 6.42 Å². The maximum atomic E-state index is 13.0. The Morgan fingerprint density at radius 1 is 1.00 bits per heavy atom. The van der Waals surface area contributed by atoms with Gasteiger partial charge in [0.25, 0.3) is 0 Å². The van der Waals surface area contributed by atoms with E-state index < -0.39 is 0 Å². The first-order valence-electron chi connectivity index (χ1n) is 9.89. The van der Waals surface area contributed by atoms with E-state index in [0.29, 0.717) is 27.0 Å². The van der Waals surface area contributed by atoms with Crippen LogP contribution in [0.3, 0.4) is 0 Å². The third-order valence-electron chi connectivity index (χ3n) is 5.33. The Bertz CT molecular complexity index is 1320. The zero-order valence-corrected chi connectivity index (χ0v) is 19.2. The molecule has 0 aliphatic heterocycles. The van der Waals surface area contributed by atoms with E-state index in [1.807, 2.05) is 79.7 Å². The maximum absolute atomic E-state index is 13.0.